The summed E-state index contributed by atoms with van der Waals surface area (Å²) in [6.07, 6.45) is 1.81. The lowest BCUT2D eigenvalue weighted by atomic mass is 10.2. The summed E-state index contributed by atoms with van der Waals surface area (Å²) < 4.78 is 5.79. The summed E-state index contributed by atoms with van der Waals surface area (Å²) in [4.78, 5) is 11.0. The monoisotopic (exact) mass is 279 g/mol. The number of ether oxygens (including phenoxy) is 1. The number of aromatic nitrogens is 2. The summed E-state index contributed by atoms with van der Waals surface area (Å²) in [6, 6.07) is 0. The third-order valence-corrected chi connectivity index (χ3v) is 3.60. The van der Waals surface area contributed by atoms with Gasteiger partial charge in [0.15, 0.2) is 0 Å². The van der Waals surface area contributed by atoms with Gasteiger partial charge in [-0.1, -0.05) is 6.92 Å². The molecule has 1 fully saturated rings. The standard InChI is InChI=1S/C14H25N5O/c1-4-15-13-11(3)14(18-10-17-13)16-8-12-9-19(5-2)6-7-20-12/h10,12H,4-9H2,1-3H3,(H2,15,16,17,18). The molecule has 0 amide bonds. The van der Waals surface area contributed by atoms with Crippen molar-refractivity contribution in [1.29, 1.82) is 0 Å². The summed E-state index contributed by atoms with van der Waals surface area (Å²) in [5.74, 6) is 1.78. The summed E-state index contributed by atoms with van der Waals surface area (Å²) >= 11 is 0. The molecule has 1 aromatic rings. The minimum absolute atomic E-state index is 0.223. The minimum Gasteiger partial charge on any atom is -0.374 e. The van der Waals surface area contributed by atoms with Crippen molar-refractivity contribution < 1.29 is 4.74 Å². The van der Waals surface area contributed by atoms with Gasteiger partial charge in [-0.25, -0.2) is 9.97 Å². The van der Waals surface area contributed by atoms with Crippen LogP contribution in [0, 0.1) is 6.92 Å². The van der Waals surface area contributed by atoms with Gasteiger partial charge in [-0.15, -0.1) is 0 Å². The molecule has 112 valence electrons. The van der Waals surface area contributed by atoms with Crippen LogP contribution >= 0.6 is 0 Å². The highest BCUT2D eigenvalue weighted by molar-refractivity contribution is 5.56. The molecule has 1 aromatic heterocycles. The molecule has 1 aliphatic heterocycles. The van der Waals surface area contributed by atoms with Crippen molar-refractivity contribution in [3.63, 3.8) is 0 Å². The number of likely N-dealkylation sites (N-methyl/N-ethyl adjacent to an activating group) is 1. The summed E-state index contributed by atoms with van der Waals surface area (Å²) in [7, 11) is 0. The van der Waals surface area contributed by atoms with E-state index >= 15 is 0 Å². The third-order valence-electron chi connectivity index (χ3n) is 3.60. The maximum absolute atomic E-state index is 5.79. The summed E-state index contributed by atoms with van der Waals surface area (Å²) in [5, 5.41) is 6.62. The van der Waals surface area contributed by atoms with Crippen LogP contribution in [0.15, 0.2) is 6.33 Å². The molecule has 2 heterocycles. The fourth-order valence-corrected chi connectivity index (χ4v) is 2.38. The average Bonchev–Trinajstić information content (AvgIpc) is 2.48. The molecule has 6 heteroatoms. The van der Waals surface area contributed by atoms with Gasteiger partial charge in [0.25, 0.3) is 0 Å². The van der Waals surface area contributed by atoms with Gasteiger partial charge in [-0.2, -0.15) is 0 Å². The van der Waals surface area contributed by atoms with Crippen LogP contribution in [-0.2, 0) is 4.74 Å². The summed E-state index contributed by atoms with van der Waals surface area (Å²) in [5.41, 5.74) is 1.05. The van der Waals surface area contributed by atoms with Gasteiger partial charge in [0.05, 0.1) is 12.7 Å². The van der Waals surface area contributed by atoms with E-state index in [9.17, 15) is 0 Å². The number of hydrogen-bond donors (Lipinski definition) is 2. The first-order valence-electron chi connectivity index (χ1n) is 7.37. The molecule has 2 rings (SSSR count). The molecular weight excluding hydrogens is 254 g/mol. The Morgan fingerprint density at radius 2 is 2.05 bits per heavy atom. The van der Waals surface area contributed by atoms with Crippen LogP contribution in [0.3, 0.4) is 0 Å². The van der Waals surface area contributed by atoms with Crippen LogP contribution in [0.1, 0.15) is 19.4 Å². The number of morpholine rings is 1. The van der Waals surface area contributed by atoms with E-state index in [1.807, 2.05) is 6.92 Å². The predicted octanol–water partition coefficient (Wildman–Crippen LogP) is 1.35. The Bertz CT molecular complexity index is 426. The van der Waals surface area contributed by atoms with Gasteiger partial charge < -0.3 is 15.4 Å². The average molecular weight is 279 g/mol. The molecule has 0 saturated carbocycles. The fourth-order valence-electron chi connectivity index (χ4n) is 2.38. The van der Waals surface area contributed by atoms with Gasteiger partial charge in [0.2, 0.25) is 0 Å². The van der Waals surface area contributed by atoms with Crippen molar-refractivity contribution in [1.82, 2.24) is 14.9 Å². The highest BCUT2D eigenvalue weighted by atomic mass is 16.5. The largest absolute Gasteiger partial charge is 0.374 e. The Morgan fingerprint density at radius 1 is 1.30 bits per heavy atom. The first kappa shape index (κ1) is 15.0. The van der Waals surface area contributed by atoms with Crippen LogP contribution in [0.5, 0.6) is 0 Å². The molecule has 0 aromatic carbocycles. The van der Waals surface area contributed by atoms with Gasteiger partial charge >= 0.3 is 0 Å². The lowest BCUT2D eigenvalue weighted by molar-refractivity contribution is -0.0192. The second kappa shape index (κ2) is 7.40. The number of rotatable bonds is 6. The van der Waals surface area contributed by atoms with Crippen LogP contribution in [-0.4, -0.2) is 60.3 Å². The van der Waals surface area contributed by atoms with E-state index in [0.717, 1.165) is 56.5 Å². The molecule has 1 aliphatic rings. The first-order valence-corrected chi connectivity index (χ1v) is 7.37. The smallest absolute Gasteiger partial charge is 0.134 e. The molecule has 2 N–H and O–H groups in total. The Balaban J connectivity index is 1.92. The van der Waals surface area contributed by atoms with Crippen molar-refractivity contribution in [3.05, 3.63) is 11.9 Å². The lowest BCUT2D eigenvalue weighted by Gasteiger charge is -2.32. The Hall–Kier alpha value is -1.40. The van der Waals surface area contributed by atoms with Gasteiger partial charge in [0.1, 0.15) is 18.0 Å². The number of nitrogens with one attached hydrogen (secondary N) is 2. The molecule has 0 bridgehead atoms. The molecular formula is C14H25N5O. The Kier molecular flexibility index (Phi) is 5.55. The maximum atomic E-state index is 5.79. The topological polar surface area (TPSA) is 62.3 Å². The molecule has 0 aliphatic carbocycles. The van der Waals surface area contributed by atoms with Gasteiger partial charge in [-0.05, 0) is 20.4 Å². The van der Waals surface area contributed by atoms with E-state index in [1.54, 1.807) is 6.33 Å². The second-order valence-corrected chi connectivity index (χ2v) is 4.99. The molecule has 0 radical (unpaired) electrons. The Morgan fingerprint density at radius 3 is 2.75 bits per heavy atom. The quantitative estimate of drug-likeness (QED) is 0.819. The van der Waals surface area contributed by atoms with E-state index in [4.69, 9.17) is 4.74 Å². The van der Waals surface area contributed by atoms with Crippen molar-refractivity contribution >= 4 is 11.6 Å². The van der Waals surface area contributed by atoms with Crippen LogP contribution in [0.4, 0.5) is 11.6 Å². The van der Waals surface area contributed by atoms with E-state index in [1.165, 1.54) is 0 Å². The van der Waals surface area contributed by atoms with E-state index in [0.29, 0.717) is 0 Å². The molecule has 6 nitrogen and oxygen atoms in total. The number of nitrogens with zero attached hydrogens (tertiary/aromatic N) is 3. The molecule has 0 spiro atoms. The number of anilines is 2. The van der Waals surface area contributed by atoms with Gasteiger partial charge in [-0.3, -0.25) is 4.90 Å². The van der Waals surface area contributed by atoms with Crippen molar-refractivity contribution in [3.8, 4) is 0 Å². The lowest BCUT2D eigenvalue weighted by Crippen LogP contribution is -2.45. The van der Waals surface area contributed by atoms with Crippen LogP contribution in [0.25, 0.3) is 0 Å². The minimum atomic E-state index is 0.223. The highest BCUT2D eigenvalue weighted by Gasteiger charge is 2.19. The molecule has 1 atom stereocenters. The number of hydrogen-bond acceptors (Lipinski definition) is 6. The fraction of sp³-hybridized carbons (Fsp3) is 0.714. The van der Waals surface area contributed by atoms with E-state index < -0.39 is 0 Å². The SMILES string of the molecule is CCNc1ncnc(NCC2CN(CC)CCO2)c1C. The van der Waals surface area contributed by atoms with Crippen LogP contribution < -0.4 is 10.6 Å². The van der Waals surface area contributed by atoms with Crippen LogP contribution in [0.2, 0.25) is 0 Å². The zero-order valence-corrected chi connectivity index (χ0v) is 12.6. The predicted molar refractivity (Wildman–Crippen MR) is 81.3 cm³/mol. The Labute approximate surface area is 120 Å². The van der Waals surface area contributed by atoms with E-state index in [2.05, 4.69) is 39.3 Å². The second-order valence-electron chi connectivity index (χ2n) is 4.99. The van der Waals surface area contributed by atoms with E-state index in [-0.39, 0.29) is 6.10 Å². The highest BCUT2D eigenvalue weighted by Crippen LogP contribution is 2.18. The summed E-state index contributed by atoms with van der Waals surface area (Å²) in [6.45, 7) is 11.8. The molecule has 1 saturated heterocycles. The van der Waals surface area contributed by atoms with Gasteiger partial charge in [0, 0.05) is 31.7 Å². The van der Waals surface area contributed by atoms with Crippen molar-refractivity contribution in [2.75, 3.05) is 50.0 Å². The zero-order chi connectivity index (χ0) is 14.4. The molecule has 1 unspecified atom stereocenters. The zero-order valence-electron chi connectivity index (χ0n) is 12.6. The normalized spacial score (nSPS) is 19.9. The van der Waals surface area contributed by atoms with Crippen molar-refractivity contribution in [2.24, 2.45) is 0 Å². The maximum Gasteiger partial charge on any atom is 0.134 e. The van der Waals surface area contributed by atoms with Crippen molar-refractivity contribution in [2.45, 2.75) is 26.9 Å². The molecule has 20 heavy (non-hydrogen) atoms. The first-order chi connectivity index (χ1) is 9.74. The third kappa shape index (κ3) is 3.80.